The van der Waals surface area contributed by atoms with Gasteiger partial charge in [-0.15, -0.1) is 0 Å². The van der Waals surface area contributed by atoms with Gasteiger partial charge in [0.15, 0.2) is 0 Å². The van der Waals surface area contributed by atoms with Gasteiger partial charge in [-0.1, -0.05) is 29.7 Å². The number of pyridine rings is 1. The molecule has 0 spiro atoms. The van der Waals surface area contributed by atoms with E-state index in [1.165, 1.54) is 0 Å². The third kappa shape index (κ3) is 221. The summed E-state index contributed by atoms with van der Waals surface area (Å²) < 4.78 is 67.5. The predicted molar refractivity (Wildman–Crippen MR) is 68.3 cm³/mol. The van der Waals surface area contributed by atoms with Crippen LogP contribution in [0.15, 0.2) is 18.2 Å². The van der Waals surface area contributed by atoms with Crippen LogP contribution >= 0.6 is 0 Å². The van der Waals surface area contributed by atoms with Crippen molar-refractivity contribution in [1.82, 2.24) is 4.98 Å². The van der Waals surface area contributed by atoms with Crippen molar-refractivity contribution in [3.63, 3.8) is 0 Å². The van der Waals surface area contributed by atoms with Gasteiger partial charge < -0.3 is 10.7 Å². The van der Waals surface area contributed by atoms with Gasteiger partial charge in [0.25, 0.3) is 0 Å². The summed E-state index contributed by atoms with van der Waals surface area (Å²) in [6.45, 7) is 42.4. The summed E-state index contributed by atoms with van der Waals surface area (Å²) in [6.07, 6.45) is 0. The van der Waals surface area contributed by atoms with E-state index in [-0.39, 0.29) is 58.4 Å². The predicted octanol–water partition coefficient (Wildman–Crippen LogP) is 1.73. The van der Waals surface area contributed by atoms with Crippen LogP contribution in [-0.2, 0) is 100 Å². The maximum atomic E-state index is 7.50. The van der Waals surface area contributed by atoms with Crippen LogP contribution in [0.2, 0.25) is 0 Å². The van der Waals surface area contributed by atoms with Crippen LogP contribution in [0.3, 0.4) is 0 Å². The minimum atomic E-state index is 0. The van der Waals surface area contributed by atoms with Crippen molar-refractivity contribution < 1.29 is 100 Å². The molecule has 11 nitrogen and oxygen atoms in total. The SMILES string of the molecule is Cc1cccc([NH-])n1.[C-]#[O+].[C-]#[O+].[C-]#[O+].[C-]#[O+].[C-]#[O+].[C-]#[O+].[C-]#[O+].[C-]#[O+].[C-]#[O+].[Ru+].[Ru].[Ru]. The van der Waals surface area contributed by atoms with Gasteiger partial charge in [0.2, 0.25) is 0 Å². The summed E-state index contributed by atoms with van der Waals surface area (Å²) in [5, 5.41) is 0. The van der Waals surface area contributed by atoms with E-state index in [0.29, 0.717) is 5.82 Å². The van der Waals surface area contributed by atoms with E-state index in [1.807, 2.05) is 19.1 Å². The molecular formula is C15H7N2O9Ru3. The Morgan fingerprint density at radius 1 is 0.586 bits per heavy atom. The van der Waals surface area contributed by atoms with Crippen LogP contribution in [-0.4, -0.2) is 4.98 Å². The van der Waals surface area contributed by atoms with Gasteiger partial charge in [-0.2, -0.15) is 0 Å². The van der Waals surface area contributed by atoms with Crippen LogP contribution < -0.4 is 0 Å². The molecule has 0 bridgehead atoms. The summed E-state index contributed by atoms with van der Waals surface area (Å²) in [4.78, 5) is 3.84. The van der Waals surface area contributed by atoms with Gasteiger partial charge in [0, 0.05) is 39.0 Å². The van der Waals surface area contributed by atoms with Crippen molar-refractivity contribution in [2.24, 2.45) is 0 Å². The Morgan fingerprint density at radius 3 is 0.897 bits per heavy atom. The van der Waals surface area contributed by atoms with E-state index in [4.69, 9.17) is 47.6 Å². The Balaban J connectivity index is -0.0000000121. The fraction of sp³-hybridized carbons (Fsp3) is 0.0667. The van der Waals surface area contributed by atoms with Crippen LogP contribution in [0.25, 0.3) is 5.73 Å². The molecule has 0 aliphatic rings. The molecule has 0 atom stereocenters. The Labute approximate surface area is 206 Å². The molecule has 0 aromatic carbocycles. The summed E-state index contributed by atoms with van der Waals surface area (Å²) in [5.74, 6) is 0.338. The number of rotatable bonds is 0. The number of nitrogens with zero attached hydrogens (tertiary/aromatic N) is 1. The maximum Gasteiger partial charge on any atom is 1.00 e. The second kappa shape index (κ2) is 239. The molecule has 1 rings (SSSR count). The second-order valence-electron chi connectivity index (χ2n) is 1.66. The second-order valence-corrected chi connectivity index (χ2v) is 1.66. The van der Waals surface area contributed by atoms with Gasteiger partial charge in [-0.05, 0) is 6.92 Å². The van der Waals surface area contributed by atoms with E-state index < -0.39 is 0 Å². The zero-order valence-electron chi connectivity index (χ0n) is 13.9. The van der Waals surface area contributed by atoms with Crippen molar-refractivity contribution in [3.05, 3.63) is 89.5 Å². The zero-order valence-corrected chi connectivity index (χ0v) is 19.1. The van der Waals surface area contributed by atoms with Gasteiger partial charge in [-0.25, -0.2) is 0 Å². The normalized spacial score (nSPS) is 3.14. The molecule has 0 saturated heterocycles. The first-order chi connectivity index (χ1) is 12.8. The molecule has 1 radical (unpaired) electrons. The Hall–Kier alpha value is -1.52. The van der Waals surface area contributed by atoms with Crippen molar-refractivity contribution in [2.75, 3.05) is 0 Å². The van der Waals surface area contributed by atoms with Crippen LogP contribution in [0, 0.1) is 66.8 Å². The molecular weight excluding hydrogens is 655 g/mol. The third-order valence-electron chi connectivity index (χ3n) is 0.888. The molecule has 0 fully saturated rings. The van der Waals surface area contributed by atoms with Gasteiger partial charge in [0.05, 0.1) is 0 Å². The van der Waals surface area contributed by atoms with E-state index >= 15 is 0 Å². The molecule has 0 aliphatic carbocycles. The van der Waals surface area contributed by atoms with Crippen molar-refractivity contribution in [2.45, 2.75) is 6.92 Å². The van der Waals surface area contributed by atoms with E-state index in [2.05, 4.69) is 64.8 Å². The average molecular weight is 662 g/mol. The molecule has 14 heteroatoms. The largest absolute Gasteiger partial charge is 1.00 e. The van der Waals surface area contributed by atoms with Gasteiger partial charge >= 0.3 is 121 Å². The van der Waals surface area contributed by atoms with Gasteiger partial charge in [0.1, 0.15) is 0 Å². The molecule has 0 unspecified atom stereocenters. The molecule has 1 aromatic heterocycles. The van der Waals surface area contributed by atoms with E-state index in [9.17, 15) is 0 Å². The Kier molecular flexibility index (Phi) is 663. The quantitative estimate of drug-likeness (QED) is 0.226. The Bertz CT molecular complexity index is 432. The third-order valence-corrected chi connectivity index (χ3v) is 0.888. The summed E-state index contributed by atoms with van der Waals surface area (Å²) in [7, 11) is 0. The summed E-state index contributed by atoms with van der Waals surface area (Å²) in [6, 6.07) is 5.36. The number of hydrogen-bond donors (Lipinski definition) is 0. The van der Waals surface area contributed by atoms with Crippen LogP contribution in [0.4, 0.5) is 5.82 Å². The standard InChI is InChI=1S/C6H7N2.9CO.3Ru/c1-5-3-2-4-6(7)8-5;9*1-2;;;/h2-4H,1H3,(H-,7,8);;;;;;;;;;;;/q-1;;;;;;;;;;;;+1. The average Bonchev–Trinajstić information content (AvgIpc) is 2.80. The molecule has 155 valence electrons. The van der Waals surface area contributed by atoms with Crippen LogP contribution in [0.1, 0.15) is 5.69 Å². The first-order valence-electron chi connectivity index (χ1n) is 4.28. The molecule has 1 N–H and O–H groups in total. The number of hydrogen-bond acceptors (Lipinski definition) is 1. The molecule has 0 aliphatic heterocycles. The molecule has 29 heavy (non-hydrogen) atoms. The van der Waals surface area contributed by atoms with Gasteiger partial charge in [-0.3, -0.25) is 0 Å². The first kappa shape index (κ1) is 80.4. The summed E-state index contributed by atoms with van der Waals surface area (Å²) in [5.41, 5.74) is 7.93. The maximum absolute atomic E-state index is 7.50. The monoisotopic (exact) mass is 665 g/mol. The fourth-order valence-corrected chi connectivity index (χ4v) is 0.543. The minimum absolute atomic E-state index is 0. The molecule has 0 amide bonds. The molecule has 0 saturated carbocycles. The Morgan fingerprint density at radius 2 is 0.793 bits per heavy atom. The number of aryl methyl sites for hydroxylation is 1. The van der Waals surface area contributed by atoms with E-state index in [0.717, 1.165) is 5.69 Å². The minimum Gasteiger partial charge on any atom is 0 e. The van der Waals surface area contributed by atoms with Crippen molar-refractivity contribution in [1.29, 1.82) is 0 Å². The summed E-state index contributed by atoms with van der Waals surface area (Å²) >= 11 is 0. The fourth-order valence-electron chi connectivity index (χ4n) is 0.543. The van der Waals surface area contributed by atoms with Crippen molar-refractivity contribution >= 4 is 5.82 Å². The number of nitrogens with one attached hydrogen (secondary N) is 1. The zero-order chi connectivity index (χ0) is 24.0. The topological polar surface area (TPSA) is 216 Å². The van der Waals surface area contributed by atoms with Crippen LogP contribution in [0.5, 0.6) is 0 Å². The van der Waals surface area contributed by atoms with E-state index in [1.54, 1.807) is 6.07 Å². The first-order valence-corrected chi connectivity index (χ1v) is 4.28. The molecule has 1 heterocycles. The number of aromatic nitrogens is 1. The van der Waals surface area contributed by atoms with Crippen molar-refractivity contribution in [3.8, 4) is 0 Å². The smallest absolute Gasteiger partial charge is 0 e. The molecule has 1 aromatic rings.